The number of nitrogens with zero attached hydrogens (tertiary/aromatic N) is 2. The molecule has 0 saturated heterocycles. The highest BCUT2D eigenvalue weighted by molar-refractivity contribution is 9.10. The second kappa shape index (κ2) is 4.66. The van der Waals surface area contributed by atoms with Crippen molar-refractivity contribution in [3.8, 4) is 0 Å². The molecule has 0 saturated carbocycles. The molecule has 1 aromatic heterocycles. The van der Waals surface area contributed by atoms with E-state index < -0.39 is 0 Å². The number of nitrogens with one attached hydrogen (secondary N) is 1. The molecule has 0 radical (unpaired) electrons. The van der Waals surface area contributed by atoms with Crippen LogP contribution in [0.3, 0.4) is 0 Å². The lowest BCUT2D eigenvalue weighted by molar-refractivity contribution is -0.110. The molecule has 0 fully saturated rings. The average molecular weight is 318 g/mol. The number of hydrogen-bond donors (Lipinski definition) is 1. The van der Waals surface area contributed by atoms with E-state index in [9.17, 15) is 4.79 Å². The molecule has 1 amide bonds. The Morgan fingerprint density at radius 1 is 1.47 bits per heavy atom. The molecule has 4 nitrogen and oxygen atoms in total. The van der Waals surface area contributed by atoms with Gasteiger partial charge >= 0.3 is 0 Å². The predicted octanol–water partition coefficient (Wildman–Crippen LogP) is 3.16. The number of rotatable bonds is 2. The molecule has 19 heavy (non-hydrogen) atoms. The summed E-state index contributed by atoms with van der Waals surface area (Å²) >= 11 is 3.43. The summed E-state index contributed by atoms with van der Waals surface area (Å²) < 4.78 is 2.79. The van der Waals surface area contributed by atoms with Crippen LogP contribution in [0.5, 0.6) is 0 Å². The van der Waals surface area contributed by atoms with Gasteiger partial charge in [-0.2, -0.15) is 5.10 Å². The van der Waals surface area contributed by atoms with Crippen molar-refractivity contribution < 1.29 is 4.79 Å². The Kier molecular flexibility index (Phi) is 2.98. The third-order valence-electron chi connectivity index (χ3n) is 3.05. The van der Waals surface area contributed by atoms with Crippen LogP contribution in [0.4, 0.5) is 5.69 Å². The van der Waals surface area contributed by atoms with Crippen LogP contribution >= 0.6 is 15.9 Å². The van der Waals surface area contributed by atoms with Crippen molar-refractivity contribution >= 4 is 39.2 Å². The van der Waals surface area contributed by atoms with Gasteiger partial charge in [-0.3, -0.25) is 9.48 Å². The lowest BCUT2D eigenvalue weighted by Crippen LogP contribution is -2.03. The van der Waals surface area contributed by atoms with E-state index in [1.165, 1.54) is 0 Å². The highest BCUT2D eigenvalue weighted by Gasteiger charge is 2.24. The van der Waals surface area contributed by atoms with Crippen molar-refractivity contribution in [3.05, 3.63) is 46.2 Å². The van der Waals surface area contributed by atoms with Gasteiger partial charge in [0, 0.05) is 39.6 Å². The Morgan fingerprint density at radius 2 is 2.32 bits per heavy atom. The summed E-state index contributed by atoms with van der Waals surface area (Å²) in [6.07, 6.45) is 5.56. The minimum atomic E-state index is -0.0719. The van der Waals surface area contributed by atoms with Gasteiger partial charge in [0.25, 0.3) is 5.91 Å². The number of fused-ring (bicyclic) bond motifs is 1. The van der Waals surface area contributed by atoms with Crippen molar-refractivity contribution in [1.82, 2.24) is 9.78 Å². The standard InChI is InChI=1S/C14H12BrN3O/c1-2-18-8-9(7-16-18)5-12-11-6-10(15)3-4-13(11)17-14(12)19/h3-8H,2H2,1H3,(H,17,19)/b12-5+. The van der Waals surface area contributed by atoms with Gasteiger partial charge in [-0.15, -0.1) is 0 Å². The normalized spacial score (nSPS) is 15.7. The molecule has 2 heterocycles. The van der Waals surface area contributed by atoms with E-state index in [1.54, 1.807) is 6.20 Å². The number of aromatic nitrogens is 2. The van der Waals surface area contributed by atoms with Crippen LogP contribution in [0.1, 0.15) is 18.1 Å². The maximum Gasteiger partial charge on any atom is 0.256 e. The molecule has 5 heteroatoms. The molecule has 1 aliphatic heterocycles. The summed E-state index contributed by atoms with van der Waals surface area (Å²) in [4.78, 5) is 12.0. The first-order chi connectivity index (χ1) is 9.17. The molecule has 0 atom stereocenters. The Labute approximate surface area is 119 Å². The topological polar surface area (TPSA) is 46.9 Å². The highest BCUT2D eigenvalue weighted by atomic mass is 79.9. The second-order valence-electron chi connectivity index (χ2n) is 4.33. The summed E-state index contributed by atoms with van der Waals surface area (Å²) in [5, 5.41) is 7.07. The molecular weight excluding hydrogens is 306 g/mol. The first kappa shape index (κ1) is 12.2. The fourth-order valence-corrected chi connectivity index (χ4v) is 2.46. The molecule has 0 bridgehead atoms. The predicted molar refractivity (Wildman–Crippen MR) is 78.5 cm³/mol. The molecule has 0 unspecified atom stereocenters. The Balaban J connectivity index is 2.06. The van der Waals surface area contributed by atoms with Gasteiger partial charge in [0.15, 0.2) is 0 Å². The van der Waals surface area contributed by atoms with Crippen LogP contribution in [0, 0.1) is 0 Å². The van der Waals surface area contributed by atoms with E-state index in [1.807, 2.05) is 42.1 Å². The van der Waals surface area contributed by atoms with Crippen LogP contribution in [0.2, 0.25) is 0 Å². The van der Waals surface area contributed by atoms with E-state index in [0.717, 1.165) is 27.8 Å². The van der Waals surface area contributed by atoms with Gasteiger partial charge in [0.2, 0.25) is 0 Å². The minimum absolute atomic E-state index is 0.0719. The van der Waals surface area contributed by atoms with E-state index >= 15 is 0 Å². The third-order valence-corrected chi connectivity index (χ3v) is 3.55. The lowest BCUT2D eigenvalue weighted by Gasteiger charge is -1.98. The molecule has 1 N–H and O–H groups in total. The van der Waals surface area contributed by atoms with Crippen molar-refractivity contribution in [2.24, 2.45) is 0 Å². The molecule has 96 valence electrons. The summed E-state index contributed by atoms with van der Waals surface area (Å²) in [5.41, 5.74) is 3.37. The van der Waals surface area contributed by atoms with Gasteiger partial charge in [-0.05, 0) is 31.2 Å². The lowest BCUT2D eigenvalue weighted by atomic mass is 10.1. The van der Waals surface area contributed by atoms with Gasteiger partial charge in [-0.1, -0.05) is 15.9 Å². The minimum Gasteiger partial charge on any atom is -0.321 e. The molecule has 0 spiro atoms. The number of anilines is 1. The van der Waals surface area contributed by atoms with E-state index in [0.29, 0.717) is 5.57 Å². The third kappa shape index (κ3) is 2.21. The molecule has 1 aromatic carbocycles. The van der Waals surface area contributed by atoms with Crippen LogP contribution in [0.25, 0.3) is 11.6 Å². The summed E-state index contributed by atoms with van der Waals surface area (Å²) in [6, 6.07) is 5.76. The van der Waals surface area contributed by atoms with Crippen molar-refractivity contribution in [2.45, 2.75) is 13.5 Å². The molecule has 0 aliphatic carbocycles. The molecule has 3 rings (SSSR count). The highest BCUT2D eigenvalue weighted by Crippen LogP contribution is 2.34. The zero-order valence-corrected chi connectivity index (χ0v) is 11.9. The van der Waals surface area contributed by atoms with Crippen molar-refractivity contribution in [3.63, 3.8) is 0 Å². The summed E-state index contributed by atoms with van der Waals surface area (Å²) in [6.45, 7) is 2.84. The van der Waals surface area contributed by atoms with Crippen LogP contribution in [-0.4, -0.2) is 15.7 Å². The van der Waals surface area contributed by atoms with E-state index in [-0.39, 0.29) is 5.91 Å². The van der Waals surface area contributed by atoms with Crippen molar-refractivity contribution in [2.75, 3.05) is 5.32 Å². The van der Waals surface area contributed by atoms with Gasteiger partial charge in [0.05, 0.1) is 6.20 Å². The smallest absolute Gasteiger partial charge is 0.256 e. The SMILES string of the molecule is CCn1cc(/C=C2/C(=O)Nc3ccc(Br)cc32)cn1. The van der Waals surface area contributed by atoms with Crippen molar-refractivity contribution in [1.29, 1.82) is 0 Å². The number of hydrogen-bond acceptors (Lipinski definition) is 2. The van der Waals surface area contributed by atoms with E-state index in [4.69, 9.17) is 0 Å². The van der Waals surface area contributed by atoms with Gasteiger partial charge in [-0.25, -0.2) is 0 Å². The number of halogens is 1. The molecular formula is C14H12BrN3O. The summed E-state index contributed by atoms with van der Waals surface area (Å²) in [7, 11) is 0. The average Bonchev–Trinajstić information content (AvgIpc) is 2.96. The van der Waals surface area contributed by atoms with Crippen LogP contribution < -0.4 is 5.32 Å². The Hall–Kier alpha value is -1.88. The maximum atomic E-state index is 12.0. The van der Waals surface area contributed by atoms with Crippen LogP contribution in [0.15, 0.2) is 35.1 Å². The number of amides is 1. The number of benzene rings is 1. The zero-order chi connectivity index (χ0) is 13.4. The Bertz CT molecular complexity index is 688. The number of carbonyl (C=O) groups excluding carboxylic acids is 1. The van der Waals surface area contributed by atoms with E-state index in [2.05, 4.69) is 26.3 Å². The van der Waals surface area contributed by atoms with Gasteiger partial charge < -0.3 is 5.32 Å². The van der Waals surface area contributed by atoms with Crippen LogP contribution in [-0.2, 0) is 11.3 Å². The Morgan fingerprint density at radius 3 is 3.05 bits per heavy atom. The molecule has 1 aliphatic rings. The monoisotopic (exact) mass is 317 g/mol. The first-order valence-electron chi connectivity index (χ1n) is 6.03. The first-order valence-corrected chi connectivity index (χ1v) is 6.82. The fraction of sp³-hybridized carbons (Fsp3) is 0.143. The largest absolute Gasteiger partial charge is 0.321 e. The second-order valence-corrected chi connectivity index (χ2v) is 5.25. The molecule has 2 aromatic rings. The van der Waals surface area contributed by atoms with Gasteiger partial charge in [0.1, 0.15) is 0 Å². The maximum absolute atomic E-state index is 12.0. The zero-order valence-electron chi connectivity index (χ0n) is 10.4. The quantitative estimate of drug-likeness (QED) is 0.865. The summed E-state index contributed by atoms with van der Waals surface area (Å²) in [5.74, 6) is -0.0719. The number of carbonyl (C=O) groups is 1. The fourth-order valence-electron chi connectivity index (χ4n) is 2.10. The number of aryl methyl sites for hydroxylation is 1.